The first-order valence-electron chi connectivity index (χ1n) is 18.1. The molecule has 6 nitrogen and oxygen atoms in total. The number of fused-ring (bicyclic) bond motifs is 7. The van der Waals surface area contributed by atoms with Crippen LogP contribution in [0.4, 0.5) is 22.9 Å². The molecule has 0 aliphatic carbocycles. The zero-order valence-electron chi connectivity index (χ0n) is 29.9. The molecule has 6 aromatic carbocycles. The van der Waals surface area contributed by atoms with Crippen LogP contribution in [0.15, 0.2) is 158 Å². The van der Waals surface area contributed by atoms with Crippen molar-refractivity contribution in [1.82, 2.24) is 14.5 Å². The van der Waals surface area contributed by atoms with Gasteiger partial charge in [0.1, 0.15) is 24.0 Å². The summed E-state index contributed by atoms with van der Waals surface area (Å²) in [7, 11) is 0. The number of para-hydroxylation sites is 1. The minimum absolute atomic E-state index is 0.00244. The summed E-state index contributed by atoms with van der Waals surface area (Å²) in [5.74, 6) is 3.35. The predicted molar refractivity (Wildman–Crippen MR) is 219 cm³/mol. The molecule has 1 aliphatic rings. The molecule has 0 atom stereocenters. The molecule has 0 fully saturated rings. The van der Waals surface area contributed by atoms with E-state index in [1.807, 2.05) is 24.5 Å². The smallest absolute Gasteiger partial charge is 0.158 e. The standard InChI is InChI=1S/C47H37N5O/c1-47(2,3)32-24-26-48-45(27-32)52-42-17-7-6-15-38(42)40-23-21-35(29-44(40)52)53-34-13-8-12-33(28-34)50-30-51(46-43(50)19-10-25-49-46)41-18-9-16-37-36-14-5-4-11-31(36)20-22-39(37)41/h4-29H,30H2,1-3H3. The van der Waals surface area contributed by atoms with Crippen molar-refractivity contribution in [3.05, 3.63) is 164 Å². The van der Waals surface area contributed by atoms with E-state index in [1.165, 1.54) is 32.5 Å². The second-order valence-corrected chi connectivity index (χ2v) is 14.8. The van der Waals surface area contributed by atoms with E-state index in [4.69, 9.17) is 14.7 Å². The van der Waals surface area contributed by atoms with Crippen molar-refractivity contribution < 1.29 is 4.74 Å². The zero-order valence-corrected chi connectivity index (χ0v) is 29.9. The number of pyridine rings is 2. The van der Waals surface area contributed by atoms with Crippen molar-refractivity contribution in [3.63, 3.8) is 0 Å². The Kier molecular flexibility index (Phi) is 7.02. The maximum Gasteiger partial charge on any atom is 0.158 e. The van der Waals surface area contributed by atoms with Gasteiger partial charge in [0.05, 0.1) is 22.4 Å². The monoisotopic (exact) mass is 687 g/mol. The lowest BCUT2D eigenvalue weighted by molar-refractivity contribution is 0.483. The Hall–Kier alpha value is -6.66. The molecule has 256 valence electrons. The van der Waals surface area contributed by atoms with Gasteiger partial charge in [0.2, 0.25) is 0 Å². The minimum Gasteiger partial charge on any atom is -0.457 e. The van der Waals surface area contributed by atoms with Crippen LogP contribution in [0.2, 0.25) is 0 Å². The van der Waals surface area contributed by atoms with E-state index in [1.54, 1.807) is 0 Å². The van der Waals surface area contributed by atoms with Crippen molar-refractivity contribution in [2.45, 2.75) is 26.2 Å². The highest BCUT2D eigenvalue weighted by atomic mass is 16.5. The van der Waals surface area contributed by atoms with Crippen LogP contribution in [0, 0.1) is 0 Å². The highest BCUT2D eigenvalue weighted by molar-refractivity contribution is 6.12. The summed E-state index contributed by atoms with van der Waals surface area (Å²) >= 11 is 0. The summed E-state index contributed by atoms with van der Waals surface area (Å²) in [6, 6.07) is 51.3. The van der Waals surface area contributed by atoms with Crippen LogP contribution in [0.3, 0.4) is 0 Å². The second kappa shape index (κ2) is 12.0. The molecule has 9 aromatic rings. The molecule has 0 saturated heterocycles. The zero-order chi connectivity index (χ0) is 35.7. The van der Waals surface area contributed by atoms with Crippen LogP contribution in [-0.2, 0) is 5.41 Å². The van der Waals surface area contributed by atoms with E-state index in [2.05, 4.69) is 169 Å². The van der Waals surface area contributed by atoms with E-state index in [9.17, 15) is 0 Å². The first kappa shape index (κ1) is 31.1. The van der Waals surface area contributed by atoms with Gasteiger partial charge in [-0.3, -0.25) is 4.57 Å². The molecular weight excluding hydrogens is 651 g/mol. The number of hydrogen-bond donors (Lipinski definition) is 0. The summed E-state index contributed by atoms with van der Waals surface area (Å²) in [6.07, 6.45) is 3.79. The maximum absolute atomic E-state index is 6.66. The first-order chi connectivity index (χ1) is 25.9. The molecule has 1 aliphatic heterocycles. The number of rotatable bonds is 5. The van der Waals surface area contributed by atoms with Crippen molar-refractivity contribution >= 4 is 66.2 Å². The van der Waals surface area contributed by atoms with Crippen molar-refractivity contribution in [2.75, 3.05) is 16.5 Å². The summed E-state index contributed by atoms with van der Waals surface area (Å²) in [5.41, 5.74) is 6.63. The Morgan fingerprint density at radius 2 is 1.28 bits per heavy atom. The number of hydrogen-bond acceptors (Lipinski definition) is 5. The Bertz CT molecular complexity index is 2870. The van der Waals surface area contributed by atoms with Gasteiger partial charge < -0.3 is 14.5 Å². The number of benzene rings is 6. The third kappa shape index (κ3) is 5.17. The highest BCUT2D eigenvalue weighted by Gasteiger charge is 2.30. The third-order valence-corrected chi connectivity index (χ3v) is 10.5. The fourth-order valence-corrected chi connectivity index (χ4v) is 7.88. The van der Waals surface area contributed by atoms with E-state index in [0.29, 0.717) is 6.67 Å². The van der Waals surface area contributed by atoms with Crippen molar-refractivity contribution in [3.8, 4) is 17.3 Å². The molecule has 0 saturated carbocycles. The van der Waals surface area contributed by atoms with Crippen molar-refractivity contribution in [2.24, 2.45) is 0 Å². The van der Waals surface area contributed by atoms with E-state index >= 15 is 0 Å². The summed E-state index contributed by atoms with van der Waals surface area (Å²) in [5, 5.41) is 7.27. The molecule has 6 heteroatoms. The minimum atomic E-state index is 0.00244. The number of ether oxygens (including phenoxy) is 1. The Morgan fingerprint density at radius 3 is 2.19 bits per heavy atom. The normalized spacial score (nSPS) is 13.0. The molecule has 0 amide bonds. The van der Waals surface area contributed by atoms with Gasteiger partial charge in [-0.05, 0) is 87.8 Å². The van der Waals surface area contributed by atoms with Gasteiger partial charge >= 0.3 is 0 Å². The Morgan fingerprint density at radius 1 is 0.528 bits per heavy atom. The predicted octanol–water partition coefficient (Wildman–Crippen LogP) is 12.2. The van der Waals surface area contributed by atoms with Crippen LogP contribution in [0.25, 0.3) is 49.2 Å². The fraction of sp³-hybridized carbons (Fsp3) is 0.106. The van der Waals surface area contributed by atoms with Gasteiger partial charge in [0, 0.05) is 46.4 Å². The molecule has 0 unspecified atom stereocenters. The Balaban J connectivity index is 1.01. The largest absolute Gasteiger partial charge is 0.457 e. The molecule has 4 heterocycles. The lowest BCUT2D eigenvalue weighted by Gasteiger charge is -2.23. The van der Waals surface area contributed by atoms with Crippen LogP contribution in [0.5, 0.6) is 11.5 Å². The summed E-state index contributed by atoms with van der Waals surface area (Å²) in [4.78, 5) is 14.4. The van der Waals surface area contributed by atoms with Gasteiger partial charge in [-0.2, -0.15) is 0 Å². The topological polar surface area (TPSA) is 46.4 Å². The van der Waals surface area contributed by atoms with Crippen molar-refractivity contribution in [1.29, 1.82) is 0 Å². The number of aromatic nitrogens is 3. The molecule has 0 N–H and O–H groups in total. The van der Waals surface area contributed by atoms with Crippen LogP contribution >= 0.6 is 0 Å². The number of anilines is 4. The summed E-state index contributed by atoms with van der Waals surface area (Å²) in [6.45, 7) is 7.32. The molecule has 0 bridgehead atoms. The third-order valence-electron chi connectivity index (χ3n) is 10.5. The van der Waals surface area contributed by atoms with Crippen LogP contribution in [-0.4, -0.2) is 21.2 Å². The van der Waals surface area contributed by atoms with E-state index < -0.39 is 0 Å². The van der Waals surface area contributed by atoms with Gasteiger partial charge in [-0.25, -0.2) is 9.97 Å². The molecule has 0 spiro atoms. The lowest BCUT2D eigenvalue weighted by atomic mass is 9.88. The maximum atomic E-state index is 6.66. The van der Waals surface area contributed by atoms with E-state index in [-0.39, 0.29) is 5.41 Å². The quantitative estimate of drug-likeness (QED) is 0.169. The number of nitrogens with zero attached hydrogens (tertiary/aromatic N) is 5. The lowest BCUT2D eigenvalue weighted by Crippen LogP contribution is -2.24. The SMILES string of the molecule is CC(C)(C)c1ccnc(-n2c3ccccc3c3ccc(Oc4cccc(N5CN(c6cccc7c6ccc6ccccc67)c6ncccc65)c4)cc32)c1. The second-order valence-electron chi connectivity index (χ2n) is 14.8. The van der Waals surface area contributed by atoms with Crippen LogP contribution < -0.4 is 14.5 Å². The molecule has 10 rings (SSSR count). The molecule has 3 aromatic heterocycles. The fourth-order valence-electron chi connectivity index (χ4n) is 7.88. The van der Waals surface area contributed by atoms with Gasteiger partial charge in [0.15, 0.2) is 5.82 Å². The van der Waals surface area contributed by atoms with Crippen LogP contribution in [0.1, 0.15) is 26.3 Å². The van der Waals surface area contributed by atoms with E-state index in [0.717, 1.165) is 56.6 Å². The first-order valence-corrected chi connectivity index (χ1v) is 18.1. The molecular formula is C47H37N5O. The average Bonchev–Trinajstić information content (AvgIpc) is 3.73. The highest BCUT2D eigenvalue weighted by Crippen LogP contribution is 2.46. The van der Waals surface area contributed by atoms with Gasteiger partial charge in [-0.15, -0.1) is 0 Å². The average molecular weight is 688 g/mol. The Labute approximate surface area is 308 Å². The van der Waals surface area contributed by atoms with Gasteiger partial charge in [-0.1, -0.05) is 93.6 Å². The molecule has 0 radical (unpaired) electrons. The van der Waals surface area contributed by atoms with Gasteiger partial charge in [0.25, 0.3) is 0 Å². The summed E-state index contributed by atoms with van der Waals surface area (Å²) < 4.78 is 8.91. The molecule has 53 heavy (non-hydrogen) atoms.